The van der Waals surface area contributed by atoms with Crippen molar-refractivity contribution in [2.75, 3.05) is 12.4 Å². The lowest BCUT2D eigenvalue weighted by Crippen LogP contribution is -2.14. The zero-order chi connectivity index (χ0) is 13.5. The monoisotopic (exact) mass is 253 g/mol. The summed E-state index contributed by atoms with van der Waals surface area (Å²) in [5, 5.41) is 13.2. The number of rotatable bonds is 6. The highest BCUT2D eigenvalue weighted by molar-refractivity contribution is 5.91. The Morgan fingerprint density at radius 2 is 2.28 bits per heavy atom. The number of anilines is 1. The number of hydrogen-bond donors (Lipinski definition) is 1. The molecule has 0 radical (unpaired) electrons. The first-order valence-electron chi connectivity index (χ1n) is 5.57. The van der Waals surface area contributed by atoms with Crippen LogP contribution in [-0.4, -0.2) is 22.9 Å². The van der Waals surface area contributed by atoms with Crippen molar-refractivity contribution in [3.05, 3.63) is 22.2 Å². The van der Waals surface area contributed by atoms with Crippen molar-refractivity contribution >= 4 is 17.4 Å². The summed E-state index contributed by atoms with van der Waals surface area (Å²) in [7, 11) is 1.40. The predicted octanol–water partition coefficient (Wildman–Crippen LogP) is 2.13. The molecule has 1 amide bonds. The van der Waals surface area contributed by atoms with Crippen LogP contribution in [0, 0.1) is 10.1 Å². The second-order valence-electron chi connectivity index (χ2n) is 3.63. The van der Waals surface area contributed by atoms with E-state index in [-0.39, 0.29) is 23.3 Å². The molecule has 0 aliphatic heterocycles. The number of ether oxygens (including phenoxy) is 1. The van der Waals surface area contributed by atoms with E-state index in [0.717, 1.165) is 12.8 Å². The standard InChI is InChI=1S/C11H15N3O4/c1-3-4-5-9(15)12-11-8(14(16)17)6-7-10(13-11)18-2/h6-7H,3-5H2,1-2H3,(H,12,13,15). The van der Waals surface area contributed by atoms with Crippen LogP contribution >= 0.6 is 0 Å². The molecule has 0 aromatic carbocycles. The Kier molecular flexibility index (Phi) is 5.04. The van der Waals surface area contributed by atoms with Crippen LogP contribution in [-0.2, 0) is 4.79 Å². The van der Waals surface area contributed by atoms with Crippen molar-refractivity contribution in [3.63, 3.8) is 0 Å². The van der Waals surface area contributed by atoms with Gasteiger partial charge in [-0.2, -0.15) is 4.98 Å². The van der Waals surface area contributed by atoms with Gasteiger partial charge in [-0.3, -0.25) is 14.9 Å². The van der Waals surface area contributed by atoms with Crippen molar-refractivity contribution in [3.8, 4) is 5.88 Å². The van der Waals surface area contributed by atoms with Gasteiger partial charge in [0.15, 0.2) is 0 Å². The van der Waals surface area contributed by atoms with E-state index in [0.29, 0.717) is 6.42 Å². The summed E-state index contributed by atoms with van der Waals surface area (Å²) in [6, 6.07) is 2.63. The van der Waals surface area contributed by atoms with Gasteiger partial charge in [-0.15, -0.1) is 0 Å². The Morgan fingerprint density at radius 3 is 2.83 bits per heavy atom. The summed E-state index contributed by atoms with van der Waals surface area (Å²) >= 11 is 0. The van der Waals surface area contributed by atoms with Crippen LogP contribution in [0.5, 0.6) is 5.88 Å². The molecule has 1 aromatic rings. The minimum atomic E-state index is -0.595. The van der Waals surface area contributed by atoms with E-state index in [2.05, 4.69) is 10.3 Å². The topological polar surface area (TPSA) is 94.4 Å². The Balaban J connectivity index is 2.90. The van der Waals surface area contributed by atoms with Crippen LogP contribution in [0.15, 0.2) is 12.1 Å². The van der Waals surface area contributed by atoms with E-state index in [9.17, 15) is 14.9 Å². The highest BCUT2D eigenvalue weighted by atomic mass is 16.6. The van der Waals surface area contributed by atoms with Crippen molar-refractivity contribution < 1.29 is 14.5 Å². The first-order valence-corrected chi connectivity index (χ1v) is 5.57. The van der Waals surface area contributed by atoms with E-state index in [4.69, 9.17) is 4.74 Å². The molecule has 1 heterocycles. The van der Waals surface area contributed by atoms with Gasteiger partial charge in [-0.25, -0.2) is 0 Å². The number of carbonyl (C=O) groups is 1. The van der Waals surface area contributed by atoms with Gasteiger partial charge in [0.2, 0.25) is 17.6 Å². The minimum absolute atomic E-state index is 0.0829. The Labute approximate surface area is 104 Å². The Morgan fingerprint density at radius 1 is 1.56 bits per heavy atom. The summed E-state index contributed by atoms with van der Waals surface area (Å²) in [6.07, 6.45) is 1.91. The number of nitrogens with one attached hydrogen (secondary N) is 1. The number of amides is 1. The number of nitro groups is 1. The second kappa shape index (κ2) is 6.53. The van der Waals surface area contributed by atoms with Gasteiger partial charge in [0, 0.05) is 18.6 Å². The fourth-order valence-corrected chi connectivity index (χ4v) is 1.32. The van der Waals surface area contributed by atoms with Gasteiger partial charge >= 0.3 is 5.69 Å². The van der Waals surface area contributed by atoms with Crippen LogP contribution < -0.4 is 10.1 Å². The Hall–Kier alpha value is -2.18. The lowest BCUT2D eigenvalue weighted by atomic mass is 10.2. The highest BCUT2D eigenvalue weighted by Gasteiger charge is 2.18. The maximum absolute atomic E-state index is 11.5. The molecule has 7 heteroatoms. The molecular formula is C11H15N3O4. The third kappa shape index (κ3) is 3.69. The normalized spacial score (nSPS) is 9.89. The molecule has 0 spiro atoms. The summed E-state index contributed by atoms with van der Waals surface area (Å²) in [4.78, 5) is 25.6. The molecule has 0 fully saturated rings. The molecule has 0 bridgehead atoms. The molecule has 7 nitrogen and oxygen atoms in total. The zero-order valence-corrected chi connectivity index (χ0v) is 10.3. The maximum Gasteiger partial charge on any atom is 0.312 e. The number of aromatic nitrogens is 1. The summed E-state index contributed by atoms with van der Waals surface area (Å²) in [5.41, 5.74) is -0.249. The number of nitrogens with zero attached hydrogens (tertiary/aromatic N) is 2. The summed E-state index contributed by atoms with van der Waals surface area (Å²) in [5.74, 6) is -0.160. The molecule has 0 atom stereocenters. The maximum atomic E-state index is 11.5. The number of carbonyl (C=O) groups excluding carboxylic acids is 1. The average molecular weight is 253 g/mol. The second-order valence-corrected chi connectivity index (χ2v) is 3.63. The van der Waals surface area contributed by atoms with Gasteiger partial charge in [0.05, 0.1) is 12.0 Å². The van der Waals surface area contributed by atoms with Crippen molar-refractivity contribution in [1.82, 2.24) is 4.98 Å². The molecule has 98 valence electrons. The molecule has 0 saturated heterocycles. The van der Waals surface area contributed by atoms with Crippen molar-refractivity contribution in [2.24, 2.45) is 0 Å². The first-order chi connectivity index (χ1) is 8.58. The largest absolute Gasteiger partial charge is 0.481 e. The fourth-order valence-electron chi connectivity index (χ4n) is 1.32. The smallest absolute Gasteiger partial charge is 0.312 e. The third-order valence-electron chi connectivity index (χ3n) is 2.27. The third-order valence-corrected chi connectivity index (χ3v) is 2.27. The summed E-state index contributed by atoms with van der Waals surface area (Å²) < 4.78 is 4.87. The quantitative estimate of drug-likeness (QED) is 0.619. The minimum Gasteiger partial charge on any atom is -0.481 e. The van der Waals surface area contributed by atoms with Gasteiger partial charge in [-0.05, 0) is 6.42 Å². The van der Waals surface area contributed by atoms with E-state index in [1.165, 1.54) is 19.2 Å². The molecule has 0 saturated carbocycles. The molecule has 1 rings (SSSR count). The molecule has 1 aromatic heterocycles. The van der Waals surface area contributed by atoms with Crippen LogP contribution in [0.1, 0.15) is 26.2 Å². The van der Waals surface area contributed by atoms with Crippen LogP contribution in [0.2, 0.25) is 0 Å². The molecule has 1 N–H and O–H groups in total. The fraction of sp³-hybridized carbons (Fsp3) is 0.455. The molecular weight excluding hydrogens is 238 g/mol. The highest BCUT2D eigenvalue weighted by Crippen LogP contribution is 2.24. The number of pyridine rings is 1. The van der Waals surface area contributed by atoms with Gasteiger partial charge in [0.25, 0.3) is 0 Å². The van der Waals surface area contributed by atoms with Crippen LogP contribution in [0.25, 0.3) is 0 Å². The average Bonchev–Trinajstić information content (AvgIpc) is 2.35. The summed E-state index contributed by atoms with van der Waals surface area (Å²) in [6.45, 7) is 1.96. The predicted molar refractivity (Wildman–Crippen MR) is 65.6 cm³/mol. The SMILES string of the molecule is CCCCC(=O)Nc1nc(OC)ccc1[N+](=O)[O-]. The van der Waals surface area contributed by atoms with Gasteiger partial charge in [0.1, 0.15) is 0 Å². The van der Waals surface area contributed by atoms with Crippen molar-refractivity contribution in [2.45, 2.75) is 26.2 Å². The van der Waals surface area contributed by atoms with E-state index in [1.807, 2.05) is 6.92 Å². The molecule has 0 unspecified atom stereocenters. The lowest BCUT2D eigenvalue weighted by molar-refractivity contribution is -0.384. The first kappa shape index (κ1) is 13.9. The molecule has 0 aliphatic carbocycles. The molecule has 18 heavy (non-hydrogen) atoms. The number of unbranched alkanes of at least 4 members (excludes halogenated alkanes) is 1. The van der Waals surface area contributed by atoms with E-state index < -0.39 is 4.92 Å². The van der Waals surface area contributed by atoms with Crippen LogP contribution in [0.3, 0.4) is 0 Å². The number of methoxy groups -OCH3 is 1. The van der Waals surface area contributed by atoms with Crippen molar-refractivity contribution in [1.29, 1.82) is 0 Å². The number of hydrogen-bond acceptors (Lipinski definition) is 5. The lowest BCUT2D eigenvalue weighted by Gasteiger charge is -2.06. The van der Waals surface area contributed by atoms with Gasteiger partial charge in [-0.1, -0.05) is 13.3 Å². The Bertz CT molecular complexity index is 448. The van der Waals surface area contributed by atoms with Gasteiger partial charge < -0.3 is 10.1 Å². The zero-order valence-electron chi connectivity index (χ0n) is 10.3. The van der Waals surface area contributed by atoms with E-state index >= 15 is 0 Å². The van der Waals surface area contributed by atoms with E-state index in [1.54, 1.807) is 0 Å². The van der Waals surface area contributed by atoms with Crippen LogP contribution in [0.4, 0.5) is 11.5 Å². The molecule has 0 aliphatic rings.